The molecule has 2 saturated heterocycles. The molecule has 2 atom stereocenters. The second kappa shape index (κ2) is 19.1. The number of hydrogen-bond donors (Lipinski definition) is 0. The topological polar surface area (TPSA) is 113 Å². The van der Waals surface area contributed by atoms with Crippen molar-refractivity contribution in [2.24, 2.45) is 0 Å². The molecular formula is C52H52F2N6O6. The van der Waals surface area contributed by atoms with Gasteiger partial charge in [-0.2, -0.15) is 0 Å². The molecule has 0 unspecified atom stereocenters. The number of imidazole rings is 2. The number of carbonyl (C=O) groups is 2. The standard InChI is InChI=1S/2C26H26FN3O3/c2*1-17-15-29(16-28-17)23-7-5-18(13-25(23)32-2)12-19-4-3-10-30(26(19)31)22-9-11-33-24-8-6-20(27)14-21(22)24/h2*5-8,12-16,22H,3-4,9-11H2,1-2H3/b2*19-12+/t2*22-/m10/s1. The van der Waals surface area contributed by atoms with Crippen LogP contribution in [0.4, 0.5) is 8.78 Å². The number of halogens is 2. The van der Waals surface area contributed by atoms with Gasteiger partial charge in [0.25, 0.3) is 0 Å². The average molecular weight is 895 g/mol. The SMILES string of the molecule is COc1cc(/C=C2\CCCN([C@@H]3CCOc4ccc(F)cc43)C2=O)ccc1-n1cnc(C)c1.COc1cc(/C=C2\CCCN([C@H]3CCOc4ccc(F)cc43)C2=O)ccc1-n1cnc(C)c1. The van der Waals surface area contributed by atoms with Gasteiger partial charge in [-0.05, 0) is 123 Å². The Morgan fingerprint density at radius 2 is 1.06 bits per heavy atom. The third-order valence-corrected chi connectivity index (χ3v) is 12.5. The molecule has 2 fully saturated rings. The number of aromatic nitrogens is 4. The van der Waals surface area contributed by atoms with Crippen LogP contribution >= 0.6 is 0 Å². The molecule has 66 heavy (non-hydrogen) atoms. The number of benzene rings is 4. The number of carbonyl (C=O) groups excluding carboxylic acids is 2. The predicted molar refractivity (Wildman–Crippen MR) is 246 cm³/mol. The lowest BCUT2D eigenvalue weighted by Crippen LogP contribution is -2.41. The first-order chi connectivity index (χ1) is 32.1. The van der Waals surface area contributed by atoms with E-state index in [1.807, 2.05) is 93.7 Å². The lowest BCUT2D eigenvalue weighted by Gasteiger charge is -2.38. The van der Waals surface area contributed by atoms with Crippen LogP contribution in [0.15, 0.2) is 109 Å². The zero-order chi connectivity index (χ0) is 45.9. The molecule has 0 spiro atoms. The molecule has 2 aromatic heterocycles. The molecule has 0 radical (unpaired) electrons. The van der Waals surface area contributed by atoms with Gasteiger partial charge in [0.1, 0.15) is 34.6 Å². The van der Waals surface area contributed by atoms with Gasteiger partial charge in [-0.1, -0.05) is 12.1 Å². The van der Waals surface area contributed by atoms with Crippen LogP contribution in [0.1, 0.15) is 84.3 Å². The van der Waals surface area contributed by atoms with Crippen molar-refractivity contribution in [3.05, 3.63) is 154 Å². The van der Waals surface area contributed by atoms with Crippen LogP contribution < -0.4 is 18.9 Å². The summed E-state index contributed by atoms with van der Waals surface area (Å²) in [6.07, 6.45) is 15.7. The number of fused-ring (bicyclic) bond motifs is 2. The van der Waals surface area contributed by atoms with Crippen molar-refractivity contribution in [1.29, 1.82) is 0 Å². The van der Waals surface area contributed by atoms with Gasteiger partial charge in [0, 0.05) is 60.6 Å². The number of nitrogens with zero attached hydrogens (tertiary/aromatic N) is 6. The Kier molecular flexibility index (Phi) is 12.7. The Balaban J connectivity index is 0.000000166. The summed E-state index contributed by atoms with van der Waals surface area (Å²) in [7, 11) is 3.27. The summed E-state index contributed by atoms with van der Waals surface area (Å²) in [4.78, 5) is 39.2. The van der Waals surface area contributed by atoms with Crippen LogP contribution in [0.25, 0.3) is 23.5 Å². The molecule has 12 nitrogen and oxygen atoms in total. The fourth-order valence-corrected chi connectivity index (χ4v) is 9.37. The second-order valence-corrected chi connectivity index (χ2v) is 16.9. The number of methoxy groups -OCH3 is 2. The van der Waals surface area contributed by atoms with Crippen molar-refractivity contribution in [2.75, 3.05) is 40.5 Å². The van der Waals surface area contributed by atoms with Crippen molar-refractivity contribution in [3.8, 4) is 34.4 Å². The number of aryl methyl sites for hydroxylation is 2. The predicted octanol–water partition coefficient (Wildman–Crippen LogP) is 9.72. The summed E-state index contributed by atoms with van der Waals surface area (Å²) < 4.78 is 54.3. The van der Waals surface area contributed by atoms with E-state index in [1.165, 1.54) is 24.3 Å². The maximum absolute atomic E-state index is 13.9. The van der Waals surface area contributed by atoms with Gasteiger partial charge < -0.3 is 37.9 Å². The van der Waals surface area contributed by atoms with Crippen molar-refractivity contribution in [3.63, 3.8) is 0 Å². The zero-order valence-corrected chi connectivity index (χ0v) is 37.5. The minimum atomic E-state index is -0.315. The van der Waals surface area contributed by atoms with Crippen LogP contribution in [0, 0.1) is 25.5 Å². The first-order valence-electron chi connectivity index (χ1n) is 22.3. The van der Waals surface area contributed by atoms with E-state index in [1.54, 1.807) is 39.0 Å². The molecule has 14 heteroatoms. The summed E-state index contributed by atoms with van der Waals surface area (Å²) in [6.45, 7) is 6.20. The molecule has 4 aliphatic rings. The largest absolute Gasteiger partial charge is 0.495 e. The molecule has 2 amide bonds. The minimum Gasteiger partial charge on any atom is -0.495 e. The van der Waals surface area contributed by atoms with Gasteiger partial charge in [-0.3, -0.25) is 9.59 Å². The van der Waals surface area contributed by atoms with Crippen molar-refractivity contribution in [1.82, 2.24) is 28.9 Å². The van der Waals surface area contributed by atoms with Crippen molar-refractivity contribution < 1.29 is 37.3 Å². The normalized spacial score (nSPS) is 19.4. The van der Waals surface area contributed by atoms with Crippen LogP contribution in [0.5, 0.6) is 23.0 Å². The highest BCUT2D eigenvalue weighted by atomic mass is 19.1. The summed E-state index contributed by atoms with van der Waals surface area (Å²) in [5.41, 5.74) is 8.41. The van der Waals surface area contributed by atoms with Gasteiger partial charge in [0.15, 0.2) is 0 Å². The quantitative estimate of drug-likeness (QED) is 0.139. The van der Waals surface area contributed by atoms with Gasteiger partial charge >= 0.3 is 0 Å². The van der Waals surface area contributed by atoms with Gasteiger partial charge in [-0.15, -0.1) is 0 Å². The summed E-state index contributed by atoms with van der Waals surface area (Å²) in [6, 6.07) is 20.5. The summed E-state index contributed by atoms with van der Waals surface area (Å²) >= 11 is 0. The van der Waals surface area contributed by atoms with Gasteiger partial charge in [0.05, 0.1) is 74.9 Å². The van der Waals surface area contributed by atoms with Gasteiger partial charge in [0.2, 0.25) is 11.8 Å². The number of piperidine rings is 2. The maximum atomic E-state index is 13.9. The highest BCUT2D eigenvalue weighted by molar-refractivity contribution is 5.99. The third kappa shape index (κ3) is 9.17. The van der Waals surface area contributed by atoms with E-state index in [4.69, 9.17) is 18.9 Å². The van der Waals surface area contributed by atoms with Crippen LogP contribution in [0.3, 0.4) is 0 Å². The molecule has 0 bridgehead atoms. The first-order valence-corrected chi connectivity index (χ1v) is 22.3. The highest BCUT2D eigenvalue weighted by Crippen LogP contribution is 2.41. The fourth-order valence-electron chi connectivity index (χ4n) is 9.37. The summed E-state index contributed by atoms with van der Waals surface area (Å²) in [5.74, 6) is 2.09. The number of likely N-dealkylation sites (tertiary alicyclic amines) is 2. The third-order valence-electron chi connectivity index (χ3n) is 12.5. The fraction of sp³-hybridized carbons (Fsp3) is 0.308. The smallest absolute Gasteiger partial charge is 0.250 e. The molecule has 0 saturated carbocycles. The zero-order valence-electron chi connectivity index (χ0n) is 37.5. The Morgan fingerprint density at radius 3 is 1.45 bits per heavy atom. The lowest BCUT2D eigenvalue weighted by atomic mass is 9.93. The van der Waals surface area contributed by atoms with Gasteiger partial charge in [-0.25, -0.2) is 18.7 Å². The van der Waals surface area contributed by atoms with Crippen LogP contribution in [-0.2, 0) is 9.59 Å². The Bertz CT molecular complexity index is 2660. The first kappa shape index (κ1) is 44.0. The van der Waals surface area contributed by atoms with Crippen LogP contribution in [0.2, 0.25) is 0 Å². The van der Waals surface area contributed by atoms with E-state index in [0.29, 0.717) is 75.0 Å². The van der Waals surface area contributed by atoms with E-state index < -0.39 is 0 Å². The highest BCUT2D eigenvalue weighted by Gasteiger charge is 2.35. The van der Waals surface area contributed by atoms with E-state index in [-0.39, 0.29) is 35.5 Å². The van der Waals surface area contributed by atoms with E-state index >= 15 is 0 Å². The maximum Gasteiger partial charge on any atom is 0.250 e. The number of amides is 2. The molecule has 10 rings (SSSR count). The molecular weight excluding hydrogens is 843 g/mol. The van der Waals surface area contributed by atoms with E-state index in [2.05, 4.69) is 9.97 Å². The Hall–Kier alpha value is -7.22. The molecule has 4 aromatic carbocycles. The molecule has 4 aliphatic heterocycles. The number of hydrogen-bond acceptors (Lipinski definition) is 8. The second-order valence-electron chi connectivity index (χ2n) is 16.9. The van der Waals surface area contributed by atoms with Crippen molar-refractivity contribution in [2.45, 2.75) is 64.5 Å². The lowest BCUT2D eigenvalue weighted by molar-refractivity contribution is -0.132. The Labute approximate surface area is 382 Å². The molecule has 6 aromatic rings. The molecule has 6 heterocycles. The van der Waals surface area contributed by atoms with E-state index in [0.717, 1.165) is 69.0 Å². The van der Waals surface area contributed by atoms with E-state index in [9.17, 15) is 18.4 Å². The monoisotopic (exact) mass is 894 g/mol. The molecule has 0 aliphatic carbocycles. The number of ether oxygens (including phenoxy) is 4. The van der Waals surface area contributed by atoms with Crippen molar-refractivity contribution >= 4 is 24.0 Å². The average Bonchev–Trinajstić information content (AvgIpc) is 3.97. The molecule has 340 valence electrons. The Morgan fingerprint density at radius 1 is 0.621 bits per heavy atom. The number of rotatable bonds is 8. The minimum absolute atomic E-state index is 0.00311. The van der Waals surface area contributed by atoms with Crippen LogP contribution in [-0.4, -0.2) is 81.2 Å². The summed E-state index contributed by atoms with van der Waals surface area (Å²) in [5, 5.41) is 0. The molecule has 0 N–H and O–H groups in total.